The van der Waals surface area contributed by atoms with E-state index in [1.165, 1.54) is 5.70 Å². The van der Waals surface area contributed by atoms with E-state index in [2.05, 4.69) is 78.5 Å². The van der Waals surface area contributed by atoms with E-state index >= 15 is 0 Å². The highest BCUT2D eigenvalue weighted by Crippen LogP contribution is 2.32. The summed E-state index contributed by atoms with van der Waals surface area (Å²) in [6.45, 7) is 10.2. The quantitative estimate of drug-likeness (QED) is 0.724. The summed E-state index contributed by atoms with van der Waals surface area (Å²) in [5.41, 5.74) is 5.46. The van der Waals surface area contributed by atoms with Gasteiger partial charge in [0.05, 0.1) is 25.1 Å². The van der Waals surface area contributed by atoms with Crippen LogP contribution in [-0.4, -0.2) is 55.0 Å². The Balaban J connectivity index is 1.65. The molecule has 6 heteroatoms. The van der Waals surface area contributed by atoms with Crippen LogP contribution >= 0.6 is 0 Å². The summed E-state index contributed by atoms with van der Waals surface area (Å²) in [7, 11) is 3.38. The third-order valence-corrected chi connectivity index (χ3v) is 5.94. The first-order valence-corrected chi connectivity index (χ1v) is 11.3. The zero-order valence-corrected chi connectivity index (χ0v) is 19.8. The fourth-order valence-electron chi connectivity index (χ4n) is 4.39. The van der Waals surface area contributed by atoms with Crippen molar-refractivity contribution in [2.24, 2.45) is 4.99 Å². The summed E-state index contributed by atoms with van der Waals surface area (Å²) >= 11 is 0. The fraction of sp³-hybridized carbons (Fsp3) is 0.423. The van der Waals surface area contributed by atoms with Crippen LogP contribution in [0.3, 0.4) is 0 Å². The van der Waals surface area contributed by atoms with Crippen molar-refractivity contribution in [1.82, 2.24) is 15.1 Å². The Morgan fingerprint density at radius 2 is 2.06 bits per heavy atom. The molecule has 170 valence electrons. The number of piperazine rings is 1. The Labute approximate surface area is 191 Å². The van der Waals surface area contributed by atoms with Gasteiger partial charge in [0.15, 0.2) is 0 Å². The molecule has 0 aromatic heterocycles. The molecular weight excluding hydrogens is 400 g/mol. The molecule has 3 aliphatic heterocycles. The Morgan fingerprint density at radius 1 is 1.22 bits per heavy atom. The molecule has 0 atom stereocenters. The predicted molar refractivity (Wildman–Crippen MR) is 130 cm³/mol. The molecule has 0 unspecified atom stereocenters. The van der Waals surface area contributed by atoms with Crippen LogP contribution in [0, 0.1) is 0 Å². The maximum atomic E-state index is 5.59. The van der Waals surface area contributed by atoms with Crippen molar-refractivity contribution in [2.75, 3.05) is 33.9 Å². The summed E-state index contributed by atoms with van der Waals surface area (Å²) in [6.07, 6.45) is 11.9. The highest BCUT2D eigenvalue weighted by molar-refractivity contribution is 6.02. The fourth-order valence-corrected chi connectivity index (χ4v) is 4.39. The van der Waals surface area contributed by atoms with Crippen LogP contribution in [0.4, 0.5) is 0 Å². The minimum absolute atomic E-state index is 0.104. The summed E-state index contributed by atoms with van der Waals surface area (Å²) in [5.74, 6) is 1.75. The summed E-state index contributed by atoms with van der Waals surface area (Å²) in [6, 6.07) is 6.18. The lowest BCUT2D eigenvalue weighted by Crippen LogP contribution is -2.56. The Kier molecular flexibility index (Phi) is 6.53. The molecule has 0 aliphatic carbocycles. The van der Waals surface area contributed by atoms with Crippen LogP contribution in [0.1, 0.15) is 38.3 Å². The van der Waals surface area contributed by atoms with Gasteiger partial charge in [0.1, 0.15) is 11.6 Å². The van der Waals surface area contributed by atoms with Gasteiger partial charge in [-0.3, -0.25) is 0 Å². The van der Waals surface area contributed by atoms with Crippen LogP contribution in [0.25, 0.3) is 5.70 Å². The van der Waals surface area contributed by atoms with Crippen molar-refractivity contribution in [1.29, 1.82) is 0 Å². The SMILES string of the molecule is CC/C=C1\C=C(c2ccc(COC)c(OC)c2)N=C2C=CC(N3CCNC(C)(C)C3)=CN21. The minimum Gasteiger partial charge on any atom is -0.496 e. The Morgan fingerprint density at radius 3 is 2.78 bits per heavy atom. The molecule has 6 nitrogen and oxygen atoms in total. The number of rotatable bonds is 6. The number of allylic oxidation sites excluding steroid dienone is 3. The first kappa shape index (κ1) is 22.4. The number of nitrogens with zero attached hydrogens (tertiary/aromatic N) is 3. The second kappa shape index (κ2) is 9.35. The van der Waals surface area contributed by atoms with Crippen molar-refractivity contribution in [3.05, 3.63) is 71.2 Å². The molecule has 1 saturated heterocycles. The van der Waals surface area contributed by atoms with Gasteiger partial charge in [-0.2, -0.15) is 0 Å². The van der Waals surface area contributed by atoms with E-state index in [0.717, 1.165) is 60.2 Å². The summed E-state index contributed by atoms with van der Waals surface area (Å²) in [5, 5.41) is 3.59. The molecule has 0 bridgehead atoms. The molecule has 1 fully saturated rings. The zero-order chi connectivity index (χ0) is 22.7. The third-order valence-electron chi connectivity index (χ3n) is 5.94. The summed E-state index contributed by atoms with van der Waals surface area (Å²) < 4.78 is 10.9. The average molecular weight is 435 g/mol. The van der Waals surface area contributed by atoms with Crippen molar-refractivity contribution in [3.63, 3.8) is 0 Å². The Hall–Kier alpha value is -2.83. The highest BCUT2D eigenvalue weighted by Gasteiger charge is 2.29. The van der Waals surface area contributed by atoms with E-state index in [1.54, 1.807) is 14.2 Å². The number of hydrogen-bond donors (Lipinski definition) is 1. The lowest BCUT2D eigenvalue weighted by Gasteiger charge is -2.42. The van der Waals surface area contributed by atoms with Crippen molar-refractivity contribution in [2.45, 2.75) is 39.3 Å². The first-order valence-electron chi connectivity index (χ1n) is 11.3. The topological polar surface area (TPSA) is 49.3 Å². The number of benzene rings is 1. The van der Waals surface area contributed by atoms with Gasteiger partial charge in [-0.15, -0.1) is 0 Å². The monoisotopic (exact) mass is 434 g/mol. The van der Waals surface area contributed by atoms with Gasteiger partial charge >= 0.3 is 0 Å². The maximum absolute atomic E-state index is 5.59. The van der Waals surface area contributed by atoms with Gasteiger partial charge in [-0.25, -0.2) is 4.99 Å². The zero-order valence-electron chi connectivity index (χ0n) is 19.8. The second-order valence-corrected chi connectivity index (χ2v) is 8.99. The van der Waals surface area contributed by atoms with Crippen LogP contribution in [0.5, 0.6) is 5.75 Å². The molecule has 0 radical (unpaired) electrons. The number of hydrogen-bond acceptors (Lipinski definition) is 6. The van der Waals surface area contributed by atoms with E-state index in [1.807, 2.05) is 6.07 Å². The van der Waals surface area contributed by atoms with Crippen molar-refractivity contribution in [3.8, 4) is 5.75 Å². The maximum Gasteiger partial charge on any atom is 0.137 e. The molecule has 0 saturated carbocycles. The summed E-state index contributed by atoms with van der Waals surface area (Å²) in [4.78, 5) is 9.63. The number of nitrogens with one attached hydrogen (secondary N) is 1. The number of amidine groups is 1. The standard InChI is InChI=1S/C26H34N4O2/c1-6-7-21-15-23(19-8-9-20(17-31-4)24(14-19)32-5)28-25-11-10-22(16-30(21)25)29-13-12-27-26(2,3)18-29/h7-11,14-16,27H,6,12-13,17-18H2,1-5H3/b21-7+. The van der Waals surface area contributed by atoms with E-state index in [9.17, 15) is 0 Å². The lowest BCUT2D eigenvalue weighted by molar-refractivity contribution is 0.181. The minimum atomic E-state index is 0.104. The molecule has 1 N–H and O–H groups in total. The molecule has 32 heavy (non-hydrogen) atoms. The van der Waals surface area contributed by atoms with E-state index in [-0.39, 0.29) is 5.54 Å². The molecule has 1 aromatic carbocycles. The highest BCUT2D eigenvalue weighted by atomic mass is 16.5. The van der Waals surface area contributed by atoms with Gasteiger partial charge in [-0.1, -0.05) is 25.1 Å². The van der Waals surface area contributed by atoms with Crippen molar-refractivity contribution >= 4 is 11.5 Å². The lowest BCUT2D eigenvalue weighted by atomic mass is 10.0. The first-order chi connectivity index (χ1) is 15.4. The molecule has 3 aliphatic rings. The van der Waals surface area contributed by atoms with E-state index in [0.29, 0.717) is 6.61 Å². The van der Waals surface area contributed by atoms with Gasteiger partial charge in [0.2, 0.25) is 0 Å². The van der Waals surface area contributed by atoms with Gasteiger partial charge in [-0.05, 0) is 44.6 Å². The third kappa shape index (κ3) is 4.66. The van der Waals surface area contributed by atoms with Crippen LogP contribution in [0.15, 0.2) is 65.1 Å². The number of aliphatic imine (C=N–C) groups is 1. The van der Waals surface area contributed by atoms with Crippen LogP contribution in [-0.2, 0) is 11.3 Å². The van der Waals surface area contributed by atoms with Crippen LogP contribution < -0.4 is 10.1 Å². The van der Waals surface area contributed by atoms with Gasteiger partial charge in [0, 0.05) is 55.3 Å². The Bertz CT molecular complexity index is 1020. The van der Waals surface area contributed by atoms with Crippen molar-refractivity contribution < 1.29 is 9.47 Å². The average Bonchev–Trinajstić information content (AvgIpc) is 2.78. The molecule has 1 aromatic rings. The number of fused-ring (bicyclic) bond motifs is 1. The van der Waals surface area contributed by atoms with Gasteiger partial charge < -0.3 is 24.6 Å². The molecule has 0 spiro atoms. The molecule has 3 heterocycles. The van der Waals surface area contributed by atoms with E-state index < -0.39 is 0 Å². The second-order valence-electron chi connectivity index (χ2n) is 8.99. The molecule has 0 amide bonds. The predicted octanol–water partition coefficient (Wildman–Crippen LogP) is 4.29. The normalized spacial score (nSPS) is 21.2. The molecule has 4 rings (SSSR count). The smallest absolute Gasteiger partial charge is 0.137 e. The largest absolute Gasteiger partial charge is 0.496 e. The van der Waals surface area contributed by atoms with E-state index in [4.69, 9.17) is 14.5 Å². The number of ether oxygens (including phenoxy) is 2. The van der Waals surface area contributed by atoms with Gasteiger partial charge in [0.25, 0.3) is 0 Å². The number of methoxy groups -OCH3 is 2. The molecular formula is C26H34N4O2. The van der Waals surface area contributed by atoms with Crippen LogP contribution in [0.2, 0.25) is 0 Å².